The molecule has 0 N–H and O–H groups in total. The van der Waals surface area contributed by atoms with Crippen molar-refractivity contribution in [2.24, 2.45) is 0 Å². The lowest BCUT2D eigenvalue weighted by atomic mass is 9.99. The average molecular weight is 274 g/mol. The first-order chi connectivity index (χ1) is 9.63. The number of hydrogen-bond acceptors (Lipinski definition) is 3. The summed E-state index contributed by atoms with van der Waals surface area (Å²) in [6.07, 6.45) is 2.02. The number of likely N-dealkylation sites (N-methyl/N-ethyl adjacent to an activating group) is 1. The summed E-state index contributed by atoms with van der Waals surface area (Å²) in [7, 11) is 2.17. The highest BCUT2D eigenvalue weighted by Crippen LogP contribution is 2.18. The van der Waals surface area contributed by atoms with Gasteiger partial charge in [-0.2, -0.15) is 0 Å². The molecule has 2 unspecified atom stereocenters. The Morgan fingerprint density at radius 1 is 1.30 bits per heavy atom. The van der Waals surface area contributed by atoms with Crippen molar-refractivity contribution < 1.29 is 4.79 Å². The Kier molecular flexibility index (Phi) is 5.32. The van der Waals surface area contributed by atoms with Crippen LogP contribution in [0.1, 0.15) is 37.0 Å². The standard InChI is InChI=1S/C17H26N2O/c1-4-16(17(20)15-9-6-5-7-10-15)19-12-8-11-18(3)13-14(19)2/h5-7,9-10,14,16H,4,8,11-13H2,1-3H3. The summed E-state index contributed by atoms with van der Waals surface area (Å²) >= 11 is 0. The van der Waals surface area contributed by atoms with Crippen LogP contribution in [0.5, 0.6) is 0 Å². The van der Waals surface area contributed by atoms with Crippen molar-refractivity contribution in [1.82, 2.24) is 9.80 Å². The fourth-order valence-corrected chi connectivity index (χ4v) is 3.22. The van der Waals surface area contributed by atoms with E-state index in [1.165, 1.54) is 0 Å². The van der Waals surface area contributed by atoms with Crippen molar-refractivity contribution in [2.45, 2.75) is 38.8 Å². The molecule has 3 heteroatoms. The molecule has 0 aliphatic carbocycles. The summed E-state index contributed by atoms with van der Waals surface area (Å²) in [6, 6.07) is 10.2. The Morgan fingerprint density at radius 3 is 2.65 bits per heavy atom. The van der Waals surface area contributed by atoms with E-state index in [9.17, 15) is 4.79 Å². The van der Waals surface area contributed by atoms with Crippen LogP contribution in [0.4, 0.5) is 0 Å². The van der Waals surface area contributed by atoms with Crippen molar-refractivity contribution in [2.75, 3.05) is 26.7 Å². The molecule has 1 saturated heterocycles. The van der Waals surface area contributed by atoms with Gasteiger partial charge in [-0.15, -0.1) is 0 Å². The van der Waals surface area contributed by atoms with Crippen LogP contribution in [0.15, 0.2) is 30.3 Å². The Balaban J connectivity index is 2.16. The van der Waals surface area contributed by atoms with E-state index in [2.05, 4.69) is 30.7 Å². The smallest absolute Gasteiger partial charge is 0.179 e. The lowest BCUT2D eigenvalue weighted by Gasteiger charge is -2.34. The number of nitrogens with zero attached hydrogens (tertiary/aromatic N) is 2. The third-order valence-electron chi connectivity index (χ3n) is 4.25. The van der Waals surface area contributed by atoms with E-state index in [4.69, 9.17) is 0 Å². The molecular weight excluding hydrogens is 248 g/mol. The van der Waals surface area contributed by atoms with Gasteiger partial charge in [0.25, 0.3) is 0 Å². The summed E-state index contributed by atoms with van der Waals surface area (Å²) in [5.41, 5.74) is 0.837. The second-order valence-corrected chi connectivity index (χ2v) is 5.86. The van der Waals surface area contributed by atoms with Crippen molar-refractivity contribution >= 4 is 5.78 Å². The van der Waals surface area contributed by atoms with Crippen LogP contribution < -0.4 is 0 Å². The number of ketones is 1. The van der Waals surface area contributed by atoms with E-state index >= 15 is 0 Å². The van der Waals surface area contributed by atoms with Crippen LogP contribution in [-0.4, -0.2) is 54.3 Å². The molecule has 1 heterocycles. The number of rotatable bonds is 4. The molecule has 1 aromatic rings. The number of hydrogen-bond donors (Lipinski definition) is 0. The van der Waals surface area contributed by atoms with Gasteiger partial charge in [-0.1, -0.05) is 37.3 Å². The third-order valence-corrected chi connectivity index (χ3v) is 4.25. The zero-order chi connectivity index (χ0) is 14.5. The van der Waals surface area contributed by atoms with Crippen LogP contribution in [0.3, 0.4) is 0 Å². The molecule has 0 aromatic heterocycles. The molecule has 0 radical (unpaired) electrons. The highest BCUT2D eigenvalue weighted by molar-refractivity contribution is 6.00. The summed E-state index contributed by atoms with van der Waals surface area (Å²) in [5, 5.41) is 0. The summed E-state index contributed by atoms with van der Waals surface area (Å²) in [6.45, 7) is 7.54. The van der Waals surface area contributed by atoms with Gasteiger partial charge in [-0.05, 0) is 33.4 Å². The second kappa shape index (κ2) is 7.00. The zero-order valence-electron chi connectivity index (χ0n) is 12.9. The molecule has 110 valence electrons. The van der Waals surface area contributed by atoms with Gasteiger partial charge in [0, 0.05) is 24.7 Å². The molecule has 3 nitrogen and oxygen atoms in total. The van der Waals surface area contributed by atoms with E-state index in [1.807, 2.05) is 30.3 Å². The minimum absolute atomic E-state index is 0.0129. The van der Waals surface area contributed by atoms with Crippen molar-refractivity contribution in [3.63, 3.8) is 0 Å². The normalized spacial score (nSPS) is 23.2. The van der Waals surface area contributed by atoms with E-state index in [-0.39, 0.29) is 11.8 Å². The Hall–Kier alpha value is -1.19. The fraction of sp³-hybridized carbons (Fsp3) is 0.588. The first kappa shape index (κ1) is 15.2. The van der Waals surface area contributed by atoms with Gasteiger partial charge in [0.05, 0.1) is 6.04 Å². The maximum absolute atomic E-state index is 12.8. The minimum atomic E-state index is 0.0129. The van der Waals surface area contributed by atoms with E-state index in [1.54, 1.807) is 0 Å². The van der Waals surface area contributed by atoms with Gasteiger partial charge in [-0.3, -0.25) is 9.69 Å². The Bertz CT molecular complexity index is 432. The third kappa shape index (κ3) is 3.47. The monoisotopic (exact) mass is 274 g/mol. The summed E-state index contributed by atoms with van der Waals surface area (Å²) < 4.78 is 0. The van der Waals surface area contributed by atoms with Gasteiger partial charge in [0.15, 0.2) is 5.78 Å². The Morgan fingerprint density at radius 2 is 2.00 bits per heavy atom. The zero-order valence-corrected chi connectivity index (χ0v) is 12.9. The SMILES string of the molecule is CCC(C(=O)c1ccccc1)N1CCCN(C)CC1C. The van der Waals surface area contributed by atoms with Crippen LogP contribution in [0, 0.1) is 0 Å². The van der Waals surface area contributed by atoms with Gasteiger partial charge >= 0.3 is 0 Å². The van der Waals surface area contributed by atoms with E-state index in [0.29, 0.717) is 6.04 Å². The molecule has 0 amide bonds. The topological polar surface area (TPSA) is 23.6 Å². The van der Waals surface area contributed by atoms with E-state index < -0.39 is 0 Å². The van der Waals surface area contributed by atoms with Crippen molar-refractivity contribution in [1.29, 1.82) is 0 Å². The quantitative estimate of drug-likeness (QED) is 0.789. The van der Waals surface area contributed by atoms with Crippen LogP contribution in [0.2, 0.25) is 0 Å². The van der Waals surface area contributed by atoms with Crippen LogP contribution >= 0.6 is 0 Å². The van der Waals surface area contributed by atoms with Gasteiger partial charge < -0.3 is 4.90 Å². The summed E-state index contributed by atoms with van der Waals surface area (Å²) in [5.74, 6) is 0.268. The molecule has 0 bridgehead atoms. The molecular formula is C17H26N2O. The molecule has 1 fully saturated rings. The molecule has 1 aliphatic heterocycles. The Labute approximate surface area is 122 Å². The number of carbonyl (C=O) groups is 1. The lowest BCUT2D eigenvalue weighted by Crippen LogP contribution is -2.48. The molecule has 20 heavy (non-hydrogen) atoms. The molecule has 2 atom stereocenters. The highest BCUT2D eigenvalue weighted by Gasteiger charge is 2.30. The van der Waals surface area contributed by atoms with Crippen LogP contribution in [-0.2, 0) is 0 Å². The largest absolute Gasteiger partial charge is 0.305 e. The molecule has 0 spiro atoms. The van der Waals surface area contributed by atoms with Gasteiger partial charge in [-0.25, -0.2) is 0 Å². The average Bonchev–Trinajstić information content (AvgIpc) is 2.62. The lowest BCUT2D eigenvalue weighted by molar-refractivity contribution is 0.0741. The maximum Gasteiger partial charge on any atom is 0.179 e. The van der Waals surface area contributed by atoms with Crippen molar-refractivity contribution in [3.05, 3.63) is 35.9 Å². The number of benzene rings is 1. The first-order valence-electron chi connectivity index (χ1n) is 7.67. The van der Waals surface area contributed by atoms with E-state index in [0.717, 1.165) is 38.0 Å². The molecule has 2 rings (SSSR count). The fourth-order valence-electron chi connectivity index (χ4n) is 3.22. The number of carbonyl (C=O) groups excluding carboxylic acids is 1. The van der Waals surface area contributed by atoms with Crippen LogP contribution in [0.25, 0.3) is 0 Å². The predicted molar refractivity (Wildman–Crippen MR) is 83.1 cm³/mol. The minimum Gasteiger partial charge on any atom is -0.305 e. The van der Waals surface area contributed by atoms with Crippen molar-refractivity contribution in [3.8, 4) is 0 Å². The van der Waals surface area contributed by atoms with Gasteiger partial charge in [0.2, 0.25) is 0 Å². The van der Waals surface area contributed by atoms with Gasteiger partial charge in [0.1, 0.15) is 0 Å². The molecule has 0 saturated carbocycles. The first-order valence-corrected chi connectivity index (χ1v) is 7.67. The second-order valence-electron chi connectivity index (χ2n) is 5.86. The molecule has 1 aromatic carbocycles. The highest BCUT2D eigenvalue weighted by atomic mass is 16.1. The molecule has 1 aliphatic rings. The number of Topliss-reactive ketones (excluding diaryl/α,β-unsaturated/α-hetero) is 1. The predicted octanol–water partition coefficient (Wildman–Crippen LogP) is 2.67. The maximum atomic E-state index is 12.8. The summed E-state index contributed by atoms with van der Waals surface area (Å²) in [4.78, 5) is 17.5.